The fourth-order valence-corrected chi connectivity index (χ4v) is 2.09. The minimum atomic E-state index is -0.932. The molecule has 0 radical (unpaired) electrons. The highest BCUT2D eigenvalue weighted by molar-refractivity contribution is 9.10. The Morgan fingerprint density at radius 1 is 0.885 bits per heavy atom. The van der Waals surface area contributed by atoms with E-state index in [1.165, 1.54) is 6.08 Å². The number of aliphatic carboxylic acids is 1. The van der Waals surface area contributed by atoms with E-state index in [1.54, 1.807) is 12.2 Å². The maximum atomic E-state index is 10.8. The normalized spacial score (nSPS) is 10.1. The summed E-state index contributed by atoms with van der Waals surface area (Å²) in [5, 5.41) is 11.2. The Balaban J connectivity index is 0.000000263. The zero-order valence-electron chi connectivity index (χ0n) is 13.3. The van der Waals surface area contributed by atoms with Crippen LogP contribution in [0.25, 0.3) is 22.6 Å². The van der Waals surface area contributed by atoms with Crippen LogP contribution in [0.15, 0.2) is 74.7 Å². The van der Waals surface area contributed by atoms with Gasteiger partial charge in [0.25, 0.3) is 0 Å². The lowest BCUT2D eigenvalue weighted by molar-refractivity contribution is -0.131. The van der Waals surface area contributed by atoms with Crippen LogP contribution in [0.5, 0.6) is 0 Å². The molecule has 1 amide bonds. The zero-order chi connectivity index (χ0) is 19.4. The quantitative estimate of drug-likeness (QED) is 0.258. The molecule has 2 aromatic rings. The van der Waals surface area contributed by atoms with E-state index >= 15 is 0 Å². The Morgan fingerprint density at radius 3 is 1.69 bits per heavy atom. The molecule has 0 saturated heterocycles. The lowest BCUT2D eigenvalue weighted by Crippen LogP contribution is -1.85. The van der Waals surface area contributed by atoms with Gasteiger partial charge in [-0.05, 0) is 58.2 Å². The lowest BCUT2D eigenvalue weighted by Gasteiger charge is -1.91. The van der Waals surface area contributed by atoms with Crippen molar-refractivity contribution in [2.24, 2.45) is 5.11 Å². The fraction of sp³-hybridized carbons (Fsp3) is 0. The van der Waals surface area contributed by atoms with Gasteiger partial charge in [0.1, 0.15) is 0 Å². The molecule has 0 aliphatic carbocycles. The van der Waals surface area contributed by atoms with Crippen LogP contribution in [0.3, 0.4) is 0 Å². The number of rotatable bonds is 4. The van der Waals surface area contributed by atoms with Gasteiger partial charge in [0.05, 0.1) is 0 Å². The van der Waals surface area contributed by atoms with E-state index in [1.807, 2.05) is 48.5 Å². The van der Waals surface area contributed by atoms with Crippen LogP contribution in [0.4, 0.5) is 0 Å². The Bertz CT molecular complexity index is 854. The highest BCUT2D eigenvalue weighted by Gasteiger charge is 1.91. The molecule has 2 aromatic carbocycles. The van der Waals surface area contributed by atoms with Crippen molar-refractivity contribution >= 4 is 55.9 Å². The molecule has 132 valence electrons. The van der Waals surface area contributed by atoms with Gasteiger partial charge in [-0.15, -0.1) is 0 Å². The van der Waals surface area contributed by atoms with Gasteiger partial charge in [-0.3, -0.25) is 4.79 Å². The molecule has 0 heterocycles. The topological polar surface area (TPSA) is 103 Å². The van der Waals surface area contributed by atoms with E-state index in [2.05, 4.69) is 41.9 Å². The average Bonchev–Trinajstić information content (AvgIpc) is 2.61. The second-order valence-corrected chi connectivity index (χ2v) is 6.47. The highest BCUT2D eigenvalue weighted by atomic mass is 79.9. The van der Waals surface area contributed by atoms with Crippen LogP contribution < -0.4 is 0 Å². The molecule has 0 atom stereocenters. The van der Waals surface area contributed by atoms with E-state index in [0.29, 0.717) is 0 Å². The maximum absolute atomic E-state index is 10.8. The molecule has 0 bridgehead atoms. The van der Waals surface area contributed by atoms with Gasteiger partial charge >= 0.3 is 5.97 Å². The molecule has 8 heteroatoms. The smallest absolute Gasteiger partial charge is 0.328 e. The highest BCUT2D eigenvalue weighted by Crippen LogP contribution is 2.12. The summed E-state index contributed by atoms with van der Waals surface area (Å²) in [6, 6.07) is 14.8. The summed E-state index contributed by atoms with van der Waals surface area (Å²) < 4.78 is 1.95. The first-order valence-electron chi connectivity index (χ1n) is 7.10. The van der Waals surface area contributed by atoms with E-state index in [4.69, 9.17) is 10.6 Å². The molecule has 0 unspecified atom stereocenters. The van der Waals surface area contributed by atoms with Crippen LogP contribution in [0.1, 0.15) is 11.1 Å². The van der Waals surface area contributed by atoms with Crippen molar-refractivity contribution in [3.05, 3.63) is 91.2 Å². The van der Waals surface area contributed by atoms with Gasteiger partial charge in [-0.1, -0.05) is 62.2 Å². The van der Waals surface area contributed by atoms with E-state index < -0.39 is 11.9 Å². The number of azide groups is 1. The minimum absolute atomic E-state index is 0.601. The maximum Gasteiger partial charge on any atom is 0.328 e. The number of carboxylic acids is 1. The molecule has 1 N–H and O–H groups in total. The van der Waals surface area contributed by atoms with Gasteiger partial charge in [0, 0.05) is 19.9 Å². The number of benzene rings is 2. The summed E-state index contributed by atoms with van der Waals surface area (Å²) in [4.78, 5) is 23.3. The predicted molar refractivity (Wildman–Crippen MR) is 108 cm³/mol. The summed E-state index contributed by atoms with van der Waals surface area (Å²) in [5.41, 5.74) is 9.71. The van der Waals surface area contributed by atoms with Gasteiger partial charge in [-0.2, -0.15) is 0 Å². The number of carbonyl (C=O) groups is 2. The van der Waals surface area contributed by atoms with Crippen LogP contribution in [-0.2, 0) is 9.59 Å². The van der Waals surface area contributed by atoms with Crippen LogP contribution in [0.2, 0.25) is 0 Å². The number of hydrogen-bond acceptors (Lipinski definition) is 2. The van der Waals surface area contributed by atoms with E-state index in [9.17, 15) is 9.59 Å². The molecule has 0 spiro atoms. The molecule has 6 nitrogen and oxygen atoms in total. The van der Waals surface area contributed by atoms with Crippen molar-refractivity contribution in [3.63, 3.8) is 0 Å². The largest absolute Gasteiger partial charge is 0.478 e. The molecular formula is C18H13Br2N3O3. The van der Waals surface area contributed by atoms with Crippen molar-refractivity contribution in [3.8, 4) is 0 Å². The number of carboxylic acid groups (broad SMARTS) is 1. The lowest BCUT2D eigenvalue weighted by atomic mass is 10.2. The molecule has 0 fully saturated rings. The van der Waals surface area contributed by atoms with Crippen molar-refractivity contribution in [1.82, 2.24) is 0 Å². The summed E-state index contributed by atoms with van der Waals surface area (Å²) >= 11 is 6.58. The number of carbonyl (C=O) groups excluding carboxylic acids is 1. The van der Waals surface area contributed by atoms with Gasteiger partial charge in [0.2, 0.25) is 5.91 Å². The van der Waals surface area contributed by atoms with E-state index in [-0.39, 0.29) is 0 Å². The molecule has 26 heavy (non-hydrogen) atoms. The standard InChI is InChI=1S/C9H6BrN3O.C9H7BrO2/c10-8-4-1-7(2-5-8)3-6-9(14)12-13-11;10-8-4-1-7(2-5-8)3-6-9(11)12/h1-6H;1-6H,(H,11,12). The van der Waals surface area contributed by atoms with Crippen molar-refractivity contribution < 1.29 is 14.7 Å². The minimum Gasteiger partial charge on any atom is -0.478 e. The first kappa shape index (κ1) is 21.4. The number of amides is 1. The second-order valence-electron chi connectivity index (χ2n) is 4.64. The van der Waals surface area contributed by atoms with Gasteiger partial charge in [0.15, 0.2) is 0 Å². The average molecular weight is 479 g/mol. The summed E-state index contributed by atoms with van der Waals surface area (Å²) in [6.45, 7) is 0. The third-order valence-electron chi connectivity index (χ3n) is 2.72. The summed E-state index contributed by atoms with van der Waals surface area (Å²) in [7, 11) is 0. The Labute approximate surface area is 166 Å². The zero-order valence-corrected chi connectivity index (χ0v) is 16.5. The summed E-state index contributed by atoms with van der Waals surface area (Å²) in [5.74, 6) is -1.53. The fourth-order valence-electron chi connectivity index (χ4n) is 1.56. The van der Waals surface area contributed by atoms with Crippen LogP contribution in [-0.4, -0.2) is 17.0 Å². The molecule has 2 rings (SSSR count). The second kappa shape index (κ2) is 11.8. The Morgan fingerprint density at radius 2 is 1.31 bits per heavy atom. The molecule has 0 saturated carbocycles. The Kier molecular flexibility index (Phi) is 9.71. The van der Waals surface area contributed by atoms with Crippen molar-refractivity contribution in [2.45, 2.75) is 0 Å². The van der Waals surface area contributed by atoms with Crippen molar-refractivity contribution in [1.29, 1.82) is 0 Å². The first-order valence-corrected chi connectivity index (χ1v) is 8.68. The molecule has 0 aromatic heterocycles. The summed E-state index contributed by atoms with van der Waals surface area (Å²) in [6.07, 6.45) is 5.48. The molecule has 0 aliphatic rings. The number of halogens is 2. The predicted octanol–water partition coefficient (Wildman–Crippen LogP) is 5.85. The monoisotopic (exact) mass is 477 g/mol. The third-order valence-corrected chi connectivity index (χ3v) is 3.78. The third kappa shape index (κ3) is 9.58. The van der Waals surface area contributed by atoms with E-state index in [0.717, 1.165) is 26.1 Å². The molecular weight excluding hydrogens is 466 g/mol. The number of hydrogen-bond donors (Lipinski definition) is 1. The van der Waals surface area contributed by atoms with Crippen LogP contribution >= 0.6 is 31.9 Å². The first-order chi connectivity index (χ1) is 12.4. The SMILES string of the molecule is O=C(O)C=Cc1ccc(Br)cc1.[N-]=[N+]=NC(=O)C=Cc1ccc(Br)cc1. The van der Waals surface area contributed by atoms with Gasteiger partial charge < -0.3 is 5.11 Å². The molecule has 0 aliphatic heterocycles. The van der Waals surface area contributed by atoms with Crippen LogP contribution in [0, 0.1) is 0 Å². The number of nitrogens with zero attached hydrogens (tertiary/aromatic N) is 3. The van der Waals surface area contributed by atoms with Gasteiger partial charge in [-0.25, -0.2) is 4.79 Å². The van der Waals surface area contributed by atoms with Crippen molar-refractivity contribution in [2.75, 3.05) is 0 Å². The Hall–Kier alpha value is -2.67.